The highest BCUT2D eigenvalue weighted by molar-refractivity contribution is 5.97. The fourth-order valence-corrected chi connectivity index (χ4v) is 3.91. The molecule has 8 heteroatoms. The summed E-state index contributed by atoms with van der Waals surface area (Å²) in [5.74, 6) is 1.80. The van der Waals surface area contributed by atoms with Crippen molar-refractivity contribution in [3.8, 4) is 5.75 Å². The van der Waals surface area contributed by atoms with Crippen LogP contribution in [0.1, 0.15) is 45.4 Å². The maximum Gasteiger partial charge on any atom is 0.265 e. The SMILES string of the molecule is CCNC(=NCCCN1CCCCCC1=O)NCCCN1C(=O)COc2ccccc21. The molecular weight excluding hydrogens is 394 g/mol. The Morgan fingerprint density at radius 2 is 1.94 bits per heavy atom. The van der Waals surface area contributed by atoms with Crippen molar-refractivity contribution in [3.63, 3.8) is 0 Å². The van der Waals surface area contributed by atoms with E-state index in [0.717, 1.165) is 69.1 Å². The van der Waals surface area contributed by atoms with Crippen molar-refractivity contribution in [2.75, 3.05) is 50.8 Å². The van der Waals surface area contributed by atoms with Crippen LogP contribution in [0, 0.1) is 0 Å². The van der Waals surface area contributed by atoms with Crippen molar-refractivity contribution < 1.29 is 14.3 Å². The van der Waals surface area contributed by atoms with Crippen molar-refractivity contribution in [1.82, 2.24) is 15.5 Å². The Morgan fingerprint density at radius 1 is 1.06 bits per heavy atom. The predicted octanol–water partition coefficient (Wildman–Crippen LogP) is 2.15. The molecule has 1 fully saturated rings. The van der Waals surface area contributed by atoms with Crippen LogP contribution >= 0.6 is 0 Å². The van der Waals surface area contributed by atoms with Gasteiger partial charge < -0.3 is 25.2 Å². The molecule has 2 heterocycles. The molecule has 2 amide bonds. The van der Waals surface area contributed by atoms with Crippen molar-refractivity contribution in [1.29, 1.82) is 0 Å². The van der Waals surface area contributed by atoms with E-state index in [4.69, 9.17) is 4.74 Å². The molecule has 8 nitrogen and oxygen atoms in total. The number of likely N-dealkylation sites (tertiary alicyclic amines) is 1. The van der Waals surface area contributed by atoms with Gasteiger partial charge in [0.2, 0.25) is 5.91 Å². The van der Waals surface area contributed by atoms with E-state index in [1.54, 1.807) is 4.90 Å². The van der Waals surface area contributed by atoms with Gasteiger partial charge in [0.05, 0.1) is 5.69 Å². The van der Waals surface area contributed by atoms with E-state index in [1.165, 1.54) is 0 Å². The van der Waals surface area contributed by atoms with Crippen LogP contribution in [0.2, 0.25) is 0 Å². The van der Waals surface area contributed by atoms with Gasteiger partial charge in [0.15, 0.2) is 12.6 Å². The van der Waals surface area contributed by atoms with E-state index in [1.807, 2.05) is 36.1 Å². The van der Waals surface area contributed by atoms with Gasteiger partial charge >= 0.3 is 0 Å². The summed E-state index contributed by atoms with van der Waals surface area (Å²) >= 11 is 0. The molecule has 1 aromatic carbocycles. The van der Waals surface area contributed by atoms with Crippen LogP contribution in [0.5, 0.6) is 5.75 Å². The lowest BCUT2D eigenvalue weighted by molar-refractivity contribution is -0.130. The van der Waals surface area contributed by atoms with Crippen LogP contribution in [0.3, 0.4) is 0 Å². The second-order valence-electron chi connectivity index (χ2n) is 7.89. The van der Waals surface area contributed by atoms with Crippen LogP contribution in [-0.2, 0) is 9.59 Å². The fourth-order valence-electron chi connectivity index (χ4n) is 3.91. The summed E-state index contributed by atoms with van der Waals surface area (Å²) in [5.41, 5.74) is 0.836. The van der Waals surface area contributed by atoms with Crippen LogP contribution in [0.4, 0.5) is 5.69 Å². The third-order valence-electron chi connectivity index (χ3n) is 5.53. The summed E-state index contributed by atoms with van der Waals surface area (Å²) in [4.78, 5) is 32.8. The number of amides is 2. The first-order valence-electron chi connectivity index (χ1n) is 11.5. The topological polar surface area (TPSA) is 86.3 Å². The Hall–Kier alpha value is -2.77. The maximum absolute atomic E-state index is 12.3. The quantitative estimate of drug-likeness (QED) is 0.357. The minimum Gasteiger partial charge on any atom is -0.482 e. The number of nitrogens with zero attached hydrogens (tertiary/aromatic N) is 3. The highest BCUT2D eigenvalue weighted by Gasteiger charge is 2.24. The fraction of sp³-hybridized carbons (Fsp3) is 0.609. The molecule has 0 aliphatic carbocycles. The van der Waals surface area contributed by atoms with E-state index in [0.29, 0.717) is 26.1 Å². The first-order chi connectivity index (χ1) is 15.2. The molecule has 0 unspecified atom stereocenters. The van der Waals surface area contributed by atoms with E-state index >= 15 is 0 Å². The summed E-state index contributed by atoms with van der Waals surface area (Å²) in [6.45, 7) is 6.58. The van der Waals surface area contributed by atoms with E-state index in [9.17, 15) is 9.59 Å². The first kappa shape index (κ1) is 22.9. The van der Waals surface area contributed by atoms with Gasteiger partial charge in [-0.15, -0.1) is 0 Å². The third kappa shape index (κ3) is 6.87. The Labute approximate surface area is 185 Å². The van der Waals surface area contributed by atoms with Gasteiger partial charge in [0.25, 0.3) is 5.91 Å². The number of carbonyl (C=O) groups excluding carboxylic acids is 2. The van der Waals surface area contributed by atoms with Gasteiger partial charge in [-0.05, 0) is 44.7 Å². The summed E-state index contributed by atoms with van der Waals surface area (Å²) in [5, 5.41) is 6.61. The molecule has 3 rings (SSSR count). The number of rotatable bonds is 9. The summed E-state index contributed by atoms with van der Waals surface area (Å²) < 4.78 is 5.49. The highest BCUT2D eigenvalue weighted by atomic mass is 16.5. The number of benzene rings is 1. The molecule has 0 radical (unpaired) electrons. The predicted molar refractivity (Wildman–Crippen MR) is 123 cm³/mol. The molecular formula is C23H35N5O3. The molecule has 2 N–H and O–H groups in total. The van der Waals surface area contributed by atoms with Crippen LogP contribution in [0.25, 0.3) is 0 Å². The smallest absolute Gasteiger partial charge is 0.265 e. The summed E-state index contributed by atoms with van der Waals surface area (Å²) in [7, 11) is 0. The van der Waals surface area contributed by atoms with Gasteiger partial charge in [-0.1, -0.05) is 18.6 Å². The number of fused-ring (bicyclic) bond motifs is 1. The number of carbonyl (C=O) groups is 2. The zero-order valence-corrected chi connectivity index (χ0v) is 18.6. The summed E-state index contributed by atoms with van der Waals surface area (Å²) in [6.07, 6.45) is 5.62. The molecule has 0 saturated carbocycles. The van der Waals surface area contributed by atoms with Crippen LogP contribution < -0.4 is 20.3 Å². The standard InChI is InChI=1S/C23H35N5O3/c1-2-24-23(25-13-8-16-27-15-7-3-4-12-21(27)29)26-14-9-17-28-19-10-5-6-11-20(19)31-18-22(28)30/h5-6,10-11H,2-4,7-9,12-18H2,1H3,(H2,24,25,26). The second kappa shape index (κ2) is 12.2. The maximum atomic E-state index is 12.3. The Bertz CT molecular complexity index is 767. The Morgan fingerprint density at radius 3 is 2.81 bits per heavy atom. The van der Waals surface area contributed by atoms with E-state index in [-0.39, 0.29) is 18.4 Å². The molecule has 2 aliphatic rings. The second-order valence-corrected chi connectivity index (χ2v) is 7.89. The minimum absolute atomic E-state index is 0.0117. The van der Waals surface area contributed by atoms with Crippen LogP contribution in [0.15, 0.2) is 29.3 Å². The van der Waals surface area contributed by atoms with Gasteiger partial charge in [0.1, 0.15) is 5.75 Å². The number of para-hydroxylation sites is 2. The van der Waals surface area contributed by atoms with Crippen molar-refractivity contribution in [3.05, 3.63) is 24.3 Å². The number of hydrogen-bond acceptors (Lipinski definition) is 4. The number of aliphatic imine (C=N–C) groups is 1. The van der Waals surface area contributed by atoms with Gasteiger partial charge in [-0.3, -0.25) is 14.6 Å². The Balaban J connectivity index is 1.41. The molecule has 0 atom stereocenters. The lowest BCUT2D eigenvalue weighted by atomic mass is 10.2. The molecule has 31 heavy (non-hydrogen) atoms. The van der Waals surface area contributed by atoms with Gasteiger partial charge in [0, 0.05) is 45.7 Å². The molecule has 1 aromatic rings. The first-order valence-corrected chi connectivity index (χ1v) is 11.5. The average molecular weight is 430 g/mol. The largest absolute Gasteiger partial charge is 0.482 e. The zero-order chi connectivity index (χ0) is 21.9. The molecule has 1 saturated heterocycles. The summed E-state index contributed by atoms with van der Waals surface area (Å²) in [6, 6.07) is 7.64. The van der Waals surface area contributed by atoms with Gasteiger partial charge in [-0.25, -0.2) is 0 Å². The number of nitrogens with one attached hydrogen (secondary N) is 2. The number of guanidine groups is 1. The van der Waals surface area contributed by atoms with E-state index < -0.39 is 0 Å². The lowest BCUT2D eigenvalue weighted by Gasteiger charge is -2.29. The van der Waals surface area contributed by atoms with E-state index in [2.05, 4.69) is 15.6 Å². The zero-order valence-electron chi connectivity index (χ0n) is 18.6. The molecule has 0 bridgehead atoms. The normalized spacial score (nSPS) is 17.1. The highest BCUT2D eigenvalue weighted by Crippen LogP contribution is 2.31. The molecule has 170 valence electrons. The number of hydrogen-bond donors (Lipinski definition) is 2. The number of ether oxygens (including phenoxy) is 1. The third-order valence-corrected chi connectivity index (χ3v) is 5.53. The van der Waals surface area contributed by atoms with Crippen molar-refractivity contribution in [2.24, 2.45) is 4.99 Å². The molecule has 0 aromatic heterocycles. The molecule has 0 spiro atoms. The number of anilines is 1. The Kier molecular flexibility index (Phi) is 8.99. The average Bonchev–Trinajstić information content (AvgIpc) is 2.99. The van der Waals surface area contributed by atoms with Crippen molar-refractivity contribution >= 4 is 23.5 Å². The van der Waals surface area contributed by atoms with Crippen molar-refractivity contribution in [2.45, 2.75) is 45.4 Å². The lowest BCUT2D eigenvalue weighted by Crippen LogP contribution is -2.42. The monoisotopic (exact) mass is 429 g/mol. The van der Waals surface area contributed by atoms with Gasteiger partial charge in [-0.2, -0.15) is 0 Å². The molecule has 2 aliphatic heterocycles. The van der Waals surface area contributed by atoms with Crippen LogP contribution in [-0.4, -0.2) is 68.5 Å². The minimum atomic E-state index is -0.0117.